The molecule has 1 aromatic heterocycles. The summed E-state index contributed by atoms with van der Waals surface area (Å²) in [5, 5.41) is 15.8. The van der Waals surface area contributed by atoms with Crippen molar-refractivity contribution in [2.75, 3.05) is 0 Å². The van der Waals surface area contributed by atoms with Gasteiger partial charge in [0.15, 0.2) is 0 Å². The minimum Gasteiger partial charge on any atom is -0.480 e. The molecule has 2 aromatic rings. The lowest BCUT2D eigenvalue weighted by molar-refractivity contribution is -0.139. The van der Waals surface area contributed by atoms with Gasteiger partial charge in [0.25, 0.3) is 5.91 Å². The van der Waals surface area contributed by atoms with Crippen molar-refractivity contribution in [3.63, 3.8) is 0 Å². The third-order valence-electron chi connectivity index (χ3n) is 3.88. The lowest BCUT2D eigenvalue weighted by Gasteiger charge is -2.12. The first-order valence-electron chi connectivity index (χ1n) is 8.60. The lowest BCUT2D eigenvalue weighted by atomic mass is 10.1. The Bertz CT molecular complexity index is 788. The number of hydrogen-bond donors (Lipinski definition) is 2. The molecule has 8 heteroatoms. The van der Waals surface area contributed by atoms with Crippen LogP contribution in [0.5, 0.6) is 0 Å². The highest BCUT2D eigenvalue weighted by Crippen LogP contribution is 2.19. The molecule has 0 unspecified atom stereocenters. The smallest absolute Gasteiger partial charge is 0.326 e. The van der Waals surface area contributed by atoms with Crippen molar-refractivity contribution < 1.29 is 19.1 Å². The van der Waals surface area contributed by atoms with Gasteiger partial charge in [-0.3, -0.25) is 4.79 Å². The summed E-state index contributed by atoms with van der Waals surface area (Å²) in [5.74, 6) is -2.16. The normalized spacial score (nSPS) is 12.2. The molecule has 0 aliphatic rings. The van der Waals surface area contributed by atoms with E-state index in [1.807, 2.05) is 20.8 Å². The van der Waals surface area contributed by atoms with E-state index in [0.717, 1.165) is 6.42 Å². The Hall–Kier alpha value is -2.77. The van der Waals surface area contributed by atoms with Gasteiger partial charge in [-0.05, 0) is 18.6 Å². The second-order valence-corrected chi connectivity index (χ2v) is 6.32. The molecule has 0 saturated heterocycles. The molecule has 0 spiro atoms. The average Bonchev–Trinajstić information content (AvgIpc) is 3.04. The standard InChI is InChI=1S/C18H23FN4O3/c1-4-5-9-13(18(25)26)20-17(24)15-21-16(11(2)3)23(22-15)14-10-7-6-8-12(14)19/h6-8,10-11,13H,4-5,9H2,1-3H3,(H,20,24)(H,25,26)/t13-/m0/s1. The van der Waals surface area contributed by atoms with Crippen molar-refractivity contribution in [1.29, 1.82) is 0 Å². The first-order valence-corrected chi connectivity index (χ1v) is 8.60. The molecular formula is C18H23FN4O3. The van der Waals surface area contributed by atoms with Crippen LogP contribution < -0.4 is 5.32 Å². The minimum absolute atomic E-state index is 0.112. The summed E-state index contributed by atoms with van der Waals surface area (Å²) >= 11 is 0. The first kappa shape index (κ1) is 19.6. The van der Waals surface area contributed by atoms with Crippen LogP contribution in [0.2, 0.25) is 0 Å². The number of carbonyl (C=O) groups is 2. The van der Waals surface area contributed by atoms with Gasteiger partial charge >= 0.3 is 5.97 Å². The molecule has 1 aromatic carbocycles. The number of para-hydroxylation sites is 1. The highest BCUT2D eigenvalue weighted by atomic mass is 19.1. The van der Waals surface area contributed by atoms with Gasteiger partial charge in [-0.25, -0.2) is 18.9 Å². The summed E-state index contributed by atoms with van der Waals surface area (Å²) in [6.45, 7) is 5.64. The molecule has 1 heterocycles. The number of halogens is 1. The van der Waals surface area contributed by atoms with Gasteiger partial charge in [-0.1, -0.05) is 45.7 Å². The second kappa shape index (κ2) is 8.55. The number of nitrogens with one attached hydrogen (secondary N) is 1. The van der Waals surface area contributed by atoms with Crippen LogP contribution >= 0.6 is 0 Å². The number of aromatic nitrogens is 3. The topological polar surface area (TPSA) is 97.1 Å². The molecule has 2 rings (SSSR count). The summed E-state index contributed by atoms with van der Waals surface area (Å²) in [6.07, 6.45) is 1.81. The number of aliphatic carboxylic acids is 1. The molecule has 0 aliphatic heterocycles. The fraction of sp³-hybridized carbons (Fsp3) is 0.444. The molecule has 0 fully saturated rings. The molecular weight excluding hydrogens is 339 g/mol. The number of nitrogens with zero attached hydrogens (tertiary/aromatic N) is 3. The van der Waals surface area contributed by atoms with E-state index in [9.17, 15) is 19.1 Å². The van der Waals surface area contributed by atoms with Crippen molar-refractivity contribution in [3.8, 4) is 5.69 Å². The van der Waals surface area contributed by atoms with E-state index >= 15 is 0 Å². The van der Waals surface area contributed by atoms with E-state index in [2.05, 4.69) is 15.4 Å². The quantitative estimate of drug-likeness (QED) is 0.752. The zero-order chi connectivity index (χ0) is 19.3. The highest BCUT2D eigenvalue weighted by molar-refractivity contribution is 5.93. The van der Waals surface area contributed by atoms with Gasteiger partial charge in [0, 0.05) is 5.92 Å². The van der Waals surface area contributed by atoms with Gasteiger partial charge < -0.3 is 10.4 Å². The fourth-order valence-electron chi connectivity index (χ4n) is 2.48. The van der Waals surface area contributed by atoms with Gasteiger partial charge in [0.05, 0.1) is 0 Å². The molecule has 1 atom stereocenters. The number of amides is 1. The van der Waals surface area contributed by atoms with Crippen LogP contribution in [0.1, 0.15) is 62.4 Å². The summed E-state index contributed by atoms with van der Waals surface area (Å²) < 4.78 is 15.4. The van der Waals surface area contributed by atoms with Gasteiger partial charge in [0.1, 0.15) is 23.4 Å². The number of carboxylic acids is 1. The summed E-state index contributed by atoms with van der Waals surface area (Å²) in [6, 6.07) is 5.05. The Morgan fingerprint density at radius 2 is 2.00 bits per heavy atom. The van der Waals surface area contributed by atoms with Crippen molar-refractivity contribution in [2.45, 2.75) is 52.0 Å². The summed E-state index contributed by atoms with van der Waals surface area (Å²) in [7, 11) is 0. The molecule has 0 radical (unpaired) electrons. The maximum atomic E-state index is 14.1. The number of benzene rings is 1. The zero-order valence-corrected chi connectivity index (χ0v) is 15.1. The molecule has 26 heavy (non-hydrogen) atoms. The Balaban J connectivity index is 2.33. The number of carboxylic acid groups (broad SMARTS) is 1. The van der Waals surface area contributed by atoms with Crippen molar-refractivity contribution in [3.05, 3.63) is 41.7 Å². The summed E-state index contributed by atoms with van der Waals surface area (Å²) in [5.41, 5.74) is 0.184. The maximum absolute atomic E-state index is 14.1. The predicted molar refractivity (Wildman–Crippen MR) is 93.8 cm³/mol. The van der Waals surface area contributed by atoms with E-state index in [0.29, 0.717) is 18.7 Å². The number of unbranched alkanes of at least 4 members (excludes halogenated alkanes) is 1. The summed E-state index contributed by atoms with van der Waals surface area (Å²) in [4.78, 5) is 27.9. The van der Waals surface area contributed by atoms with Gasteiger partial charge in [-0.2, -0.15) is 0 Å². The Labute approximate surface area is 151 Å². The van der Waals surface area contributed by atoms with Crippen molar-refractivity contribution >= 4 is 11.9 Å². The van der Waals surface area contributed by atoms with E-state index in [1.54, 1.807) is 18.2 Å². The molecule has 0 aliphatic carbocycles. The average molecular weight is 362 g/mol. The van der Waals surface area contributed by atoms with Crippen LogP contribution in [0.4, 0.5) is 4.39 Å². The van der Waals surface area contributed by atoms with E-state index in [1.165, 1.54) is 10.7 Å². The molecule has 140 valence electrons. The van der Waals surface area contributed by atoms with Crippen LogP contribution in [-0.4, -0.2) is 37.8 Å². The monoisotopic (exact) mass is 362 g/mol. The molecule has 0 bridgehead atoms. The fourth-order valence-corrected chi connectivity index (χ4v) is 2.48. The largest absolute Gasteiger partial charge is 0.480 e. The second-order valence-electron chi connectivity index (χ2n) is 6.32. The van der Waals surface area contributed by atoms with Crippen LogP contribution in [0.3, 0.4) is 0 Å². The number of hydrogen-bond acceptors (Lipinski definition) is 4. The molecule has 7 nitrogen and oxygen atoms in total. The van der Waals surface area contributed by atoms with Gasteiger partial charge in [0.2, 0.25) is 5.82 Å². The number of rotatable bonds is 8. The van der Waals surface area contributed by atoms with E-state index < -0.39 is 23.7 Å². The molecule has 0 saturated carbocycles. The van der Waals surface area contributed by atoms with Crippen LogP contribution in [0.15, 0.2) is 24.3 Å². The lowest BCUT2D eigenvalue weighted by Crippen LogP contribution is -2.41. The highest BCUT2D eigenvalue weighted by Gasteiger charge is 2.25. The maximum Gasteiger partial charge on any atom is 0.326 e. The van der Waals surface area contributed by atoms with Crippen molar-refractivity contribution in [2.24, 2.45) is 0 Å². The first-order chi connectivity index (χ1) is 12.3. The Kier molecular flexibility index (Phi) is 6.43. The Morgan fingerprint density at radius 1 is 1.31 bits per heavy atom. The molecule has 2 N–H and O–H groups in total. The predicted octanol–water partition coefficient (Wildman–Crippen LogP) is 2.90. The third kappa shape index (κ3) is 4.44. The van der Waals surface area contributed by atoms with E-state index in [4.69, 9.17) is 0 Å². The third-order valence-corrected chi connectivity index (χ3v) is 3.88. The SMILES string of the molecule is CCCC[C@H](NC(=O)c1nc(C(C)C)n(-c2ccccc2F)n1)C(=O)O. The van der Waals surface area contributed by atoms with Crippen LogP contribution in [0, 0.1) is 5.82 Å². The zero-order valence-electron chi connectivity index (χ0n) is 15.1. The minimum atomic E-state index is -1.11. The van der Waals surface area contributed by atoms with Crippen LogP contribution in [0.25, 0.3) is 5.69 Å². The Morgan fingerprint density at radius 3 is 2.58 bits per heavy atom. The van der Waals surface area contributed by atoms with Crippen molar-refractivity contribution in [1.82, 2.24) is 20.1 Å². The van der Waals surface area contributed by atoms with Gasteiger partial charge in [-0.15, -0.1) is 5.10 Å². The number of carbonyl (C=O) groups excluding carboxylic acids is 1. The van der Waals surface area contributed by atoms with E-state index in [-0.39, 0.29) is 17.4 Å². The molecule has 1 amide bonds. The van der Waals surface area contributed by atoms with Crippen LogP contribution in [-0.2, 0) is 4.79 Å².